The third kappa shape index (κ3) is 4.45. The standard InChI is InChI=1S/C23H15ClF3NO5/c1-12-8-9-17(32-12)19-18(20(29)13-4-2-5-14(24)10-13)21(30)22(31)28(19)15-6-3-7-16(11-15)33-23(25,26)27/h2-11,19,29H,1H3/b20-18-. The van der Waals surface area contributed by atoms with Gasteiger partial charge in [0.05, 0.1) is 5.57 Å². The van der Waals surface area contributed by atoms with E-state index in [0.29, 0.717) is 5.76 Å². The minimum absolute atomic E-state index is 0.0527. The van der Waals surface area contributed by atoms with Crippen molar-refractivity contribution in [2.45, 2.75) is 19.3 Å². The van der Waals surface area contributed by atoms with E-state index < -0.39 is 35.6 Å². The van der Waals surface area contributed by atoms with E-state index >= 15 is 0 Å². The average molecular weight is 478 g/mol. The van der Waals surface area contributed by atoms with Gasteiger partial charge in [-0.3, -0.25) is 14.5 Å². The van der Waals surface area contributed by atoms with E-state index in [1.807, 2.05) is 0 Å². The van der Waals surface area contributed by atoms with Crippen molar-refractivity contribution in [3.63, 3.8) is 0 Å². The Kier molecular flexibility index (Phi) is 5.67. The van der Waals surface area contributed by atoms with Gasteiger partial charge in [0.2, 0.25) is 0 Å². The lowest BCUT2D eigenvalue weighted by molar-refractivity contribution is -0.274. The van der Waals surface area contributed by atoms with Gasteiger partial charge in [0.1, 0.15) is 29.1 Å². The first-order valence-electron chi connectivity index (χ1n) is 9.54. The number of anilines is 1. The van der Waals surface area contributed by atoms with E-state index in [0.717, 1.165) is 17.0 Å². The molecule has 33 heavy (non-hydrogen) atoms. The maximum absolute atomic E-state index is 13.0. The van der Waals surface area contributed by atoms with Crippen LogP contribution in [-0.2, 0) is 9.59 Å². The molecule has 1 atom stereocenters. The number of Topliss-reactive ketones (excluding diaryl/α,β-unsaturated/α-hetero) is 1. The first-order valence-corrected chi connectivity index (χ1v) is 9.92. The Balaban J connectivity index is 1.89. The molecule has 1 N–H and O–H groups in total. The molecule has 1 aliphatic rings. The summed E-state index contributed by atoms with van der Waals surface area (Å²) in [7, 11) is 0. The molecule has 6 nitrogen and oxygen atoms in total. The minimum atomic E-state index is -4.95. The fourth-order valence-electron chi connectivity index (χ4n) is 3.59. The third-order valence-corrected chi connectivity index (χ3v) is 5.14. The van der Waals surface area contributed by atoms with Gasteiger partial charge < -0.3 is 14.3 Å². The van der Waals surface area contributed by atoms with Crippen LogP contribution in [0.15, 0.2) is 70.7 Å². The van der Waals surface area contributed by atoms with Crippen LogP contribution < -0.4 is 9.64 Å². The first-order chi connectivity index (χ1) is 15.5. The Morgan fingerprint density at radius 2 is 1.82 bits per heavy atom. The molecule has 2 aromatic carbocycles. The Morgan fingerprint density at radius 1 is 1.09 bits per heavy atom. The van der Waals surface area contributed by atoms with Crippen molar-refractivity contribution in [2.75, 3.05) is 4.90 Å². The third-order valence-electron chi connectivity index (χ3n) is 4.90. The molecule has 2 heterocycles. The second-order valence-electron chi connectivity index (χ2n) is 7.17. The van der Waals surface area contributed by atoms with Crippen molar-refractivity contribution in [3.05, 3.63) is 88.3 Å². The molecule has 170 valence electrons. The summed E-state index contributed by atoms with van der Waals surface area (Å²) in [5.74, 6) is -2.56. The number of rotatable bonds is 4. The van der Waals surface area contributed by atoms with Gasteiger partial charge in [0.15, 0.2) is 0 Å². The number of amides is 1. The summed E-state index contributed by atoms with van der Waals surface area (Å²) in [6, 6.07) is 12.5. The van der Waals surface area contributed by atoms with Crippen LogP contribution in [0.4, 0.5) is 18.9 Å². The molecule has 1 amide bonds. The zero-order valence-corrected chi connectivity index (χ0v) is 17.6. The number of hydrogen-bond donors (Lipinski definition) is 1. The van der Waals surface area contributed by atoms with E-state index in [2.05, 4.69) is 4.74 Å². The number of furan rings is 1. The zero-order valence-electron chi connectivity index (χ0n) is 16.9. The van der Waals surface area contributed by atoms with Gasteiger partial charge in [0, 0.05) is 22.3 Å². The summed E-state index contributed by atoms with van der Waals surface area (Å²) in [5, 5.41) is 11.2. The molecule has 4 rings (SSSR count). The predicted molar refractivity (Wildman–Crippen MR) is 113 cm³/mol. The summed E-state index contributed by atoms with van der Waals surface area (Å²) in [6.45, 7) is 1.64. The molecule has 0 radical (unpaired) electrons. The van der Waals surface area contributed by atoms with Gasteiger partial charge in [-0.2, -0.15) is 0 Å². The van der Waals surface area contributed by atoms with Crippen molar-refractivity contribution in [2.24, 2.45) is 0 Å². The summed E-state index contributed by atoms with van der Waals surface area (Å²) in [5.41, 5.74) is -0.162. The van der Waals surface area contributed by atoms with E-state index in [9.17, 15) is 27.9 Å². The number of ether oxygens (including phenoxy) is 1. The van der Waals surface area contributed by atoms with Crippen LogP contribution in [0.3, 0.4) is 0 Å². The summed E-state index contributed by atoms with van der Waals surface area (Å²) < 4.78 is 47.7. The van der Waals surface area contributed by atoms with E-state index in [1.165, 1.54) is 30.3 Å². The number of hydrogen-bond acceptors (Lipinski definition) is 5. The lowest BCUT2D eigenvalue weighted by Gasteiger charge is -2.24. The number of ketones is 1. The second-order valence-corrected chi connectivity index (χ2v) is 7.61. The normalized spacial score (nSPS) is 18.1. The van der Waals surface area contributed by atoms with E-state index in [-0.39, 0.29) is 27.6 Å². The lowest BCUT2D eigenvalue weighted by atomic mass is 9.99. The smallest absolute Gasteiger partial charge is 0.507 e. The van der Waals surface area contributed by atoms with Gasteiger partial charge in [-0.25, -0.2) is 0 Å². The predicted octanol–water partition coefficient (Wildman–Crippen LogP) is 5.77. The molecule has 0 spiro atoms. The van der Waals surface area contributed by atoms with Gasteiger partial charge >= 0.3 is 6.36 Å². The Bertz CT molecular complexity index is 1280. The highest BCUT2D eigenvalue weighted by Crippen LogP contribution is 2.43. The number of carbonyl (C=O) groups excluding carboxylic acids is 2. The van der Waals surface area contributed by atoms with Crippen LogP contribution in [0.25, 0.3) is 5.76 Å². The molecular weight excluding hydrogens is 463 g/mol. The number of alkyl halides is 3. The topological polar surface area (TPSA) is 80.0 Å². The van der Waals surface area contributed by atoms with Crippen molar-refractivity contribution in [1.29, 1.82) is 0 Å². The number of aliphatic hydroxyl groups excluding tert-OH is 1. The molecule has 1 aliphatic heterocycles. The quantitative estimate of drug-likeness (QED) is 0.293. The molecule has 1 aromatic heterocycles. The van der Waals surface area contributed by atoms with Crippen LogP contribution in [0.1, 0.15) is 23.1 Å². The van der Waals surface area contributed by atoms with E-state index in [1.54, 1.807) is 25.1 Å². The maximum atomic E-state index is 13.0. The molecule has 0 saturated carbocycles. The number of benzene rings is 2. The van der Waals surface area contributed by atoms with E-state index in [4.69, 9.17) is 16.0 Å². The molecule has 0 bridgehead atoms. The zero-order chi connectivity index (χ0) is 23.9. The van der Waals surface area contributed by atoms with Crippen molar-refractivity contribution in [1.82, 2.24) is 0 Å². The Hall–Kier alpha value is -3.72. The molecule has 1 unspecified atom stereocenters. The summed E-state index contributed by atoms with van der Waals surface area (Å²) in [4.78, 5) is 27.0. The lowest BCUT2D eigenvalue weighted by Crippen LogP contribution is -2.29. The molecule has 10 heteroatoms. The van der Waals surface area contributed by atoms with Gasteiger partial charge in [0.25, 0.3) is 11.7 Å². The number of aliphatic hydroxyl groups is 1. The SMILES string of the molecule is Cc1ccc(C2/C(=C(/O)c3cccc(Cl)c3)C(=O)C(=O)N2c2cccc(OC(F)(F)F)c2)o1. The van der Waals surface area contributed by atoms with Crippen LogP contribution in [-0.4, -0.2) is 23.2 Å². The van der Waals surface area contributed by atoms with Crippen molar-refractivity contribution < 1.29 is 37.0 Å². The largest absolute Gasteiger partial charge is 0.573 e. The molecule has 0 aliphatic carbocycles. The monoisotopic (exact) mass is 477 g/mol. The fraction of sp³-hybridized carbons (Fsp3) is 0.130. The van der Waals surface area contributed by atoms with Crippen LogP contribution in [0.5, 0.6) is 5.75 Å². The highest BCUT2D eigenvalue weighted by molar-refractivity contribution is 6.51. The highest BCUT2D eigenvalue weighted by atomic mass is 35.5. The maximum Gasteiger partial charge on any atom is 0.573 e. The minimum Gasteiger partial charge on any atom is -0.507 e. The molecule has 3 aromatic rings. The molecule has 1 fully saturated rings. The number of carbonyl (C=O) groups is 2. The number of nitrogens with zero attached hydrogens (tertiary/aromatic N) is 1. The van der Waals surface area contributed by atoms with Crippen LogP contribution in [0, 0.1) is 6.92 Å². The van der Waals surface area contributed by atoms with Crippen molar-refractivity contribution in [3.8, 4) is 5.75 Å². The van der Waals surface area contributed by atoms with Gasteiger partial charge in [-0.05, 0) is 43.3 Å². The highest BCUT2D eigenvalue weighted by Gasteiger charge is 2.48. The molecular formula is C23H15ClF3NO5. The summed E-state index contributed by atoms with van der Waals surface area (Å²) in [6.07, 6.45) is -4.95. The number of aryl methyl sites for hydroxylation is 1. The first kappa shape index (κ1) is 22.5. The van der Waals surface area contributed by atoms with Gasteiger partial charge in [-0.15, -0.1) is 13.2 Å². The second kappa shape index (κ2) is 8.32. The number of halogens is 4. The average Bonchev–Trinajstić information content (AvgIpc) is 3.27. The van der Waals surface area contributed by atoms with Crippen LogP contribution >= 0.6 is 11.6 Å². The van der Waals surface area contributed by atoms with Crippen molar-refractivity contribution >= 4 is 34.7 Å². The molecule has 1 saturated heterocycles. The van der Waals surface area contributed by atoms with Crippen LogP contribution in [0.2, 0.25) is 5.02 Å². The Labute approximate surface area is 190 Å². The van der Waals surface area contributed by atoms with Gasteiger partial charge in [-0.1, -0.05) is 29.8 Å². The fourth-order valence-corrected chi connectivity index (χ4v) is 3.78. The Morgan fingerprint density at radius 3 is 2.45 bits per heavy atom. The summed E-state index contributed by atoms with van der Waals surface area (Å²) >= 11 is 5.99.